The van der Waals surface area contributed by atoms with E-state index in [0.717, 1.165) is 6.42 Å². The molecule has 0 saturated heterocycles. The summed E-state index contributed by atoms with van der Waals surface area (Å²) in [5, 5.41) is 0. The Labute approximate surface area is 118 Å². The molecule has 2 aromatic rings. The summed E-state index contributed by atoms with van der Waals surface area (Å²) < 4.78 is 4.81. The van der Waals surface area contributed by atoms with Gasteiger partial charge in [-0.3, -0.25) is 0 Å². The van der Waals surface area contributed by atoms with Crippen LogP contribution in [0.25, 0.3) is 0 Å². The van der Waals surface area contributed by atoms with Crippen molar-refractivity contribution in [3.05, 3.63) is 72.8 Å². The molecule has 0 spiro atoms. The van der Waals surface area contributed by atoms with Gasteiger partial charge in [0.25, 0.3) is 0 Å². The van der Waals surface area contributed by atoms with Gasteiger partial charge in [-0.2, -0.15) is 35.9 Å². The molecule has 96 valence electrons. The molecule has 3 heteroatoms. The summed E-state index contributed by atoms with van der Waals surface area (Å²) in [5.41, 5.74) is 1.19. The summed E-state index contributed by atoms with van der Waals surface area (Å²) in [5.74, 6) is -0.360. The Balaban J connectivity index is 0.000000405. The summed E-state index contributed by atoms with van der Waals surface area (Å²) in [7, 11) is 0. The van der Waals surface area contributed by atoms with Crippen molar-refractivity contribution in [2.75, 3.05) is 6.61 Å². The number of rotatable bonds is 4. The number of carbonyl (C=O) groups is 1. The van der Waals surface area contributed by atoms with Crippen LogP contribution in [0.2, 0.25) is 0 Å². The number of hydrogen-bond donors (Lipinski definition) is 0. The summed E-state index contributed by atoms with van der Waals surface area (Å²) in [6.07, 6.45) is 1.94. The first kappa shape index (κ1) is 16.4. The third-order valence-corrected chi connectivity index (χ3v) is 2.09. The van der Waals surface area contributed by atoms with Crippen LogP contribution in [0.5, 0.6) is 0 Å². The Bertz CT molecular complexity index is 384. The Hall–Kier alpha value is -1.57. The first-order chi connectivity index (χ1) is 8.33. The predicted molar refractivity (Wildman–Crippen MR) is 68.9 cm³/mol. The molecule has 0 atom stereocenters. The Kier molecular flexibility index (Phi) is 9.65. The number of esters is 1. The molecule has 0 saturated carbocycles. The molecule has 0 unspecified atom stereocenters. The van der Waals surface area contributed by atoms with Gasteiger partial charge in [-0.15, -0.1) is 0 Å². The van der Waals surface area contributed by atoms with E-state index in [0.29, 0.717) is 6.61 Å². The van der Waals surface area contributed by atoms with E-state index >= 15 is 0 Å². The molecule has 0 aromatic heterocycles. The fraction of sp³-hybridized carbons (Fsp3) is 0.133. The standard InChI is InChI=1S/C10H11O2.C5H5.Fe/c1-2-10(11)12-8-7-9-5-3-4-6-9;1-2-4-5-3-1;/h2-6H,1,7-8H2;1-5H;/q2*-1;+2. The van der Waals surface area contributed by atoms with Gasteiger partial charge in [0.05, 0.1) is 6.61 Å². The average molecular weight is 284 g/mol. The Morgan fingerprint density at radius 2 is 2.00 bits per heavy atom. The Morgan fingerprint density at radius 1 is 1.28 bits per heavy atom. The third kappa shape index (κ3) is 7.66. The zero-order chi connectivity index (χ0) is 12.3. The molecule has 0 fully saturated rings. The molecule has 2 nitrogen and oxygen atoms in total. The maximum atomic E-state index is 10.6. The maximum Gasteiger partial charge on any atom is 2.00 e. The first-order valence-corrected chi connectivity index (χ1v) is 5.49. The van der Waals surface area contributed by atoms with Crippen molar-refractivity contribution in [3.63, 3.8) is 0 Å². The number of hydrogen-bond acceptors (Lipinski definition) is 2. The summed E-state index contributed by atoms with van der Waals surface area (Å²) in [6, 6.07) is 17.9. The van der Waals surface area contributed by atoms with Crippen LogP contribution in [0.3, 0.4) is 0 Å². The van der Waals surface area contributed by atoms with Crippen molar-refractivity contribution < 1.29 is 26.6 Å². The van der Waals surface area contributed by atoms with Crippen molar-refractivity contribution in [2.24, 2.45) is 0 Å². The van der Waals surface area contributed by atoms with E-state index < -0.39 is 0 Å². The monoisotopic (exact) mass is 284 g/mol. The SMILES string of the molecule is C=CC(=O)OCCc1ccc[cH-]1.[Fe+2].c1cc[cH-]c1. The molecule has 0 radical (unpaired) electrons. The molecule has 0 aliphatic rings. The maximum absolute atomic E-state index is 10.6. The normalized spacial score (nSPS) is 8.44. The molecular weight excluding hydrogens is 268 g/mol. The van der Waals surface area contributed by atoms with E-state index in [2.05, 4.69) is 6.58 Å². The first-order valence-electron chi connectivity index (χ1n) is 5.49. The minimum atomic E-state index is -0.360. The van der Waals surface area contributed by atoms with Crippen LogP contribution in [0.4, 0.5) is 0 Å². The van der Waals surface area contributed by atoms with E-state index in [9.17, 15) is 4.79 Å². The number of carbonyl (C=O) groups excluding carboxylic acids is 1. The minimum absolute atomic E-state index is 0. The van der Waals surface area contributed by atoms with E-state index in [1.54, 1.807) is 0 Å². The fourth-order valence-electron chi connectivity index (χ4n) is 1.23. The van der Waals surface area contributed by atoms with E-state index in [4.69, 9.17) is 4.74 Å². The summed E-state index contributed by atoms with van der Waals surface area (Å²) >= 11 is 0. The Morgan fingerprint density at radius 3 is 2.44 bits per heavy atom. The second-order valence-corrected chi connectivity index (χ2v) is 3.38. The largest absolute Gasteiger partial charge is 2.00 e. The second kappa shape index (κ2) is 10.6. The van der Waals surface area contributed by atoms with Crippen LogP contribution in [0.15, 0.2) is 67.3 Å². The summed E-state index contributed by atoms with van der Waals surface area (Å²) in [4.78, 5) is 10.6. The van der Waals surface area contributed by atoms with Gasteiger partial charge in [0.2, 0.25) is 0 Å². The van der Waals surface area contributed by atoms with Crippen molar-refractivity contribution in [1.82, 2.24) is 0 Å². The van der Waals surface area contributed by atoms with Crippen molar-refractivity contribution in [3.8, 4) is 0 Å². The van der Waals surface area contributed by atoms with E-state index in [1.807, 2.05) is 54.6 Å². The smallest absolute Gasteiger partial charge is 0.462 e. The molecule has 0 amide bonds. The van der Waals surface area contributed by atoms with Crippen LogP contribution in [-0.4, -0.2) is 12.6 Å². The van der Waals surface area contributed by atoms with Crippen LogP contribution >= 0.6 is 0 Å². The van der Waals surface area contributed by atoms with Gasteiger partial charge in [0.15, 0.2) is 0 Å². The fourth-order valence-corrected chi connectivity index (χ4v) is 1.23. The molecule has 0 aliphatic heterocycles. The molecule has 2 rings (SSSR count). The van der Waals surface area contributed by atoms with Gasteiger partial charge in [-0.25, -0.2) is 29.1 Å². The average Bonchev–Trinajstić information content (AvgIpc) is 3.04. The van der Waals surface area contributed by atoms with Gasteiger partial charge in [0.1, 0.15) is 0 Å². The molecule has 0 heterocycles. The molecule has 0 N–H and O–H groups in total. The zero-order valence-corrected chi connectivity index (χ0v) is 11.2. The zero-order valence-electron chi connectivity index (χ0n) is 10.1. The van der Waals surface area contributed by atoms with Crippen LogP contribution < -0.4 is 0 Å². The molecule has 0 aliphatic carbocycles. The van der Waals surface area contributed by atoms with Crippen LogP contribution in [-0.2, 0) is 33.0 Å². The molecule has 0 bridgehead atoms. The van der Waals surface area contributed by atoms with Crippen molar-refractivity contribution in [2.45, 2.75) is 6.42 Å². The van der Waals surface area contributed by atoms with Crippen molar-refractivity contribution in [1.29, 1.82) is 0 Å². The summed E-state index contributed by atoms with van der Waals surface area (Å²) in [6.45, 7) is 3.73. The van der Waals surface area contributed by atoms with Crippen LogP contribution in [0, 0.1) is 0 Å². The molecule has 2 aromatic carbocycles. The van der Waals surface area contributed by atoms with Gasteiger partial charge in [0, 0.05) is 6.08 Å². The quantitative estimate of drug-likeness (QED) is 0.373. The van der Waals surface area contributed by atoms with Gasteiger partial charge in [-0.05, 0) is 6.42 Å². The number of ether oxygens (including phenoxy) is 1. The predicted octanol–water partition coefficient (Wildman–Crippen LogP) is 3.08. The van der Waals surface area contributed by atoms with Crippen LogP contribution in [0.1, 0.15) is 5.56 Å². The third-order valence-electron chi connectivity index (χ3n) is 2.09. The second-order valence-electron chi connectivity index (χ2n) is 3.38. The topological polar surface area (TPSA) is 26.3 Å². The minimum Gasteiger partial charge on any atom is -0.462 e. The molecule has 18 heavy (non-hydrogen) atoms. The van der Waals surface area contributed by atoms with Gasteiger partial charge < -0.3 is 4.74 Å². The van der Waals surface area contributed by atoms with Crippen molar-refractivity contribution >= 4 is 5.97 Å². The molecular formula is C15H16FeO2. The van der Waals surface area contributed by atoms with E-state index in [-0.39, 0.29) is 23.0 Å². The van der Waals surface area contributed by atoms with Gasteiger partial charge in [-0.1, -0.05) is 6.58 Å². The van der Waals surface area contributed by atoms with Gasteiger partial charge >= 0.3 is 23.0 Å². The van der Waals surface area contributed by atoms with E-state index in [1.165, 1.54) is 11.6 Å².